The fraction of sp³-hybridized carbons (Fsp3) is 0.714. The van der Waals surface area contributed by atoms with Gasteiger partial charge in [-0.2, -0.15) is 0 Å². The zero-order chi connectivity index (χ0) is 9.40. The summed E-state index contributed by atoms with van der Waals surface area (Å²) in [7, 11) is 0. The minimum atomic E-state index is -0.898. The lowest BCUT2D eigenvalue weighted by Crippen LogP contribution is -2.26. The van der Waals surface area contributed by atoms with Crippen LogP contribution in [0.25, 0.3) is 0 Å². The summed E-state index contributed by atoms with van der Waals surface area (Å²) in [6.45, 7) is 0.135. The van der Waals surface area contributed by atoms with Gasteiger partial charge in [0.1, 0.15) is 0 Å². The maximum atomic E-state index is 10.8. The highest BCUT2D eigenvalue weighted by Crippen LogP contribution is 1.94. The van der Waals surface area contributed by atoms with Crippen molar-refractivity contribution in [2.24, 2.45) is 0 Å². The molecule has 0 radical (unpaired) electrons. The predicted molar refractivity (Wildman–Crippen MR) is 41.6 cm³/mol. The van der Waals surface area contributed by atoms with Crippen molar-refractivity contribution in [2.75, 3.05) is 13.2 Å². The molecule has 0 saturated carbocycles. The number of carboxylic acid groups (broad SMARTS) is 1. The Morgan fingerprint density at radius 2 is 1.92 bits per heavy atom. The Balaban J connectivity index is 3.25. The number of rotatable bonds is 6. The van der Waals surface area contributed by atoms with Crippen molar-refractivity contribution < 1.29 is 19.8 Å². The van der Waals surface area contributed by atoms with Gasteiger partial charge in [0.05, 0.1) is 6.61 Å². The Labute approximate surface area is 70.4 Å². The van der Waals surface area contributed by atoms with E-state index in [4.69, 9.17) is 10.2 Å². The third-order valence-corrected chi connectivity index (χ3v) is 1.23. The highest BCUT2D eigenvalue weighted by atomic mass is 16.4. The van der Waals surface area contributed by atoms with E-state index >= 15 is 0 Å². The summed E-state index contributed by atoms with van der Waals surface area (Å²) in [4.78, 5) is 20.8. The van der Waals surface area contributed by atoms with Crippen molar-refractivity contribution in [3.63, 3.8) is 0 Å². The van der Waals surface area contributed by atoms with Gasteiger partial charge in [0.15, 0.2) is 0 Å². The Morgan fingerprint density at radius 1 is 1.25 bits per heavy atom. The Bertz CT molecular complexity index is 157. The van der Waals surface area contributed by atoms with E-state index in [2.05, 4.69) is 5.32 Å². The first-order valence-corrected chi connectivity index (χ1v) is 3.76. The summed E-state index contributed by atoms with van der Waals surface area (Å²) >= 11 is 0. The van der Waals surface area contributed by atoms with Crippen molar-refractivity contribution in [2.45, 2.75) is 19.3 Å². The molecule has 0 aromatic carbocycles. The van der Waals surface area contributed by atoms with E-state index in [1.54, 1.807) is 0 Å². The quantitative estimate of drug-likeness (QED) is 0.500. The highest BCUT2D eigenvalue weighted by molar-refractivity contribution is 5.76. The number of nitrogens with one attached hydrogen (secondary N) is 1. The van der Waals surface area contributed by atoms with E-state index in [1.165, 1.54) is 0 Å². The Hall–Kier alpha value is -1.10. The Kier molecular flexibility index (Phi) is 6.00. The molecular weight excluding hydrogens is 162 g/mol. The van der Waals surface area contributed by atoms with E-state index in [1.807, 2.05) is 0 Å². The molecule has 1 amide bonds. The third-order valence-electron chi connectivity index (χ3n) is 1.23. The van der Waals surface area contributed by atoms with Crippen LogP contribution in [0, 0.1) is 0 Å². The molecule has 0 aliphatic heterocycles. The number of aliphatic hydroxyl groups excluding tert-OH is 1. The van der Waals surface area contributed by atoms with E-state index in [9.17, 15) is 9.59 Å². The molecule has 0 aliphatic rings. The van der Waals surface area contributed by atoms with E-state index in [-0.39, 0.29) is 31.9 Å². The second-order valence-corrected chi connectivity index (χ2v) is 2.32. The van der Waals surface area contributed by atoms with Gasteiger partial charge in [0.25, 0.3) is 0 Å². The lowest BCUT2D eigenvalue weighted by Gasteiger charge is -2.00. The van der Waals surface area contributed by atoms with E-state index < -0.39 is 5.97 Å². The molecule has 0 rings (SSSR count). The first-order chi connectivity index (χ1) is 5.66. The molecule has 0 saturated heterocycles. The van der Waals surface area contributed by atoms with Crippen LogP contribution < -0.4 is 5.32 Å². The molecule has 12 heavy (non-hydrogen) atoms. The van der Waals surface area contributed by atoms with Crippen LogP contribution in [0.2, 0.25) is 0 Å². The van der Waals surface area contributed by atoms with Crippen LogP contribution in [0.3, 0.4) is 0 Å². The predicted octanol–water partition coefficient (Wildman–Crippen LogP) is -0.650. The number of carboxylic acids is 1. The van der Waals surface area contributed by atoms with Crippen molar-refractivity contribution in [1.82, 2.24) is 5.32 Å². The van der Waals surface area contributed by atoms with Gasteiger partial charge in [-0.05, 0) is 6.42 Å². The molecule has 3 N–H and O–H groups in total. The SMILES string of the molecule is O=C(O)CCCC(=O)NCCO. The normalized spacial score (nSPS) is 9.42. The standard InChI is InChI=1S/C7H13NO4/c9-5-4-8-6(10)2-1-3-7(11)12/h9H,1-5H2,(H,8,10)(H,11,12). The molecular formula is C7H13NO4. The second-order valence-electron chi connectivity index (χ2n) is 2.32. The molecule has 0 heterocycles. The Morgan fingerprint density at radius 3 is 2.42 bits per heavy atom. The number of aliphatic carboxylic acids is 1. The fourth-order valence-electron chi connectivity index (χ4n) is 0.684. The third kappa shape index (κ3) is 7.01. The van der Waals surface area contributed by atoms with Crippen molar-refractivity contribution in [3.05, 3.63) is 0 Å². The van der Waals surface area contributed by atoms with E-state index in [0.29, 0.717) is 6.42 Å². The van der Waals surface area contributed by atoms with Crippen LogP contribution in [0.1, 0.15) is 19.3 Å². The van der Waals surface area contributed by atoms with Crippen molar-refractivity contribution in [3.8, 4) is 0 Å². The van der Waals surface area contributed by atoms with Gasteiger partial charge in [-0.25, -0.2) is 0 Å². The zero-order valence-electron chi connectivity index (χ0n) is 6.75. The van der Waals surface area contributed by atoms with Gasteiger partial charge in [0.2, 0.25) is 5.91 Å². The molecule has 0 aromatic heterocycles. The van der Waals surface area contributed by atoms with Crippen LogP contribution in [0.4, 0.5) is 0 Å². The molecule has 0 aromatic rings. The summed E-state index contributed by atoms with van der Waals surface area (Å²) in [6.07, 6.45) is 0.547. The van der Waals surface area contributed by atoms with Gasteiger partial charge >= 0.3 is 5.97 Å². The molecule has 5 heteroatoms. The molecule has 0 aliphatic carbocycles. The maximum Gasteiger partial charge on any atom is 0.303 e. The van der Waals surface area contributed by atoms with Crippen LogP contribution in [0.15, 0.2) is 0 Å². The lowest BCUT2D eigenvalue weighted by atomic mass is 10.2. The molecule has 0 bridgehead atoms. The second kappa shape index (κ2) is 6.60. The molecule has 5 nitrogen and oxygen atoms in total. The molecule has 0 fully saturated rings. The largest absolute Gasteiger partial charge is 0.481 e. The van der Waals surface area contributed by atoms with Gasteiger partial charge in [-0.3, -0.25) is 9.59 Å². The first kappa shape index (κ1) is 10.9. The molecule has 0 unspecified atom stereocenters. The van der Waals surface area contributed by atoms with Crippen LogP contribution in [-0.4, -0.2) is 35.2 Å². The van der Waals surface area contributed by atoms with Crippen molar-refractivity contribution >= 4 is 11.9 Å². The van der Waals surface area contributed by atoms with Gasteiger partial charge < -0.3 is 15.5 Å². The summed E-state index contributed by atoms with van der Waals surface area (Å²) in [5.74, 6) is -1.12. The van der Waals surface area contributed by atoms with Crippen LogP contribution in [-0.2, 0) is 9.59 Å². The van der Waals surface area contributed by atoms with Gasteiger partial charge in [-0.15, -0.1) is 0 Å². The minimum absolute atomic E-state index is 0.00649. The summed E-state index contributed by atoms with van der Waals surface area (Å²) < 4.78 is 0. The topological polar surface area (TPSA) is 86.6 Å². The molecule has 0 spiro atoms. The summed E-state index contributed by atoms with van der Waals surface area (Å²) in [5.41, 5.74) is 0. The fourth-order valence-corrected chi connectivity index (χ4v) is 0.684. The number of aliphatic hydroxyl groups is 1. The van der Waals surface area contributed by atoms with Gasteiger partial charge in [0, 0.05) is 19.4 Å². The van der Waals surface area contributed by atoms with Crippen LogP contribution >= 0.6 is 0 Å². The summed E-state index contributed by atoms with van der Waals surface area (Å²) in [5, 5.41) is 19.0. The monoisotopic (exact) mass is 175 g/mol. The van der Waals surface area contributed by atoms with Crippen LogP contribution in [0.5, 0.6) is 0 Å². The molecule has 70 valence electrons. The van der Waals surface area contributed by atoms with Crippen molar-refractivity contribution in [1.29, 1.82) is 0 Å². The number of amides is 1. The minimum Gasteiger partial charge on any atom is -0.481 e. The summed E-state index contributed by atoms with van der Waals surface area (Å²) in [6, 6.07) is 0. The average Bonchev–Trinajstić information content (AvgIpc) is 2.00. The lowest BCUT2D eigenvalue weighted by molar-refractivity contribution is -0.137. The number of carbonyl (C=O) groups excluding carboxylic acids is 1. The first-order valence-electron chi connectivity index (χ1n) is 3.76. The highest BCUT2D eigenvalue weighted by Gasteiger charge is 2.02. The number of hydrogen-bond donors (Lipinski definition) is 3. The average molecular weight is 175 g/mol. The number of hydrogen-bond acceptors (Lipinski definition) is 3. The maximum absolute atomic E-state index is 10.8. The molecule has 0 atom stereocenters. The number of carbonyl (C=O) groups is 2. The van der Waals surface area contributed by atoms with E-state index in [0.717, 1.165) is 0 Å². The van der Waals surface area contributed by atoms with Gasteiger partial charge in [-0.1, -0.05) is 0 Å². The zero-order valence-corrected chi connectivity index (χ0v) is 6.75. The smallest absolute Gasteiger partial charge is 0.303 e.